The summed E-state index contributed by atoms with van der Waals surface area (Å²) in [5.41, 5.74) is 4.18. The summed E-state index contributed by atoms with van der Waals surface area (Å²) in [6, 6.07) is 11.5. The van der Waals surface area contributed by atoms with Crippen molar-refractivity contribution in [2.75, 3.05) is 6.54 Å². The summed E-state index contributed by atoms with van der Waals surface area (Å²) in [6.07, 6.45) is 4.12. The van der Waals surface area contributed by atoms with Gasteiger partial charge in [0.25, 0.3) is 0 Å². The molecule has 2 aromatic rings. The molecule has 6 nitrogen and oxygen atoms in total. The van der Waals surface area contributed by atoms with Crippen LogP contribution in [0.25, 0.3) is 0 Å². The van der Waals surface area contributed by atoms with E-state index < -0.39 is 16.0 Å². The minimum Gasteiger partial charge on any atom is -0.377 e. The summed E-state index contributed by atoms with van der Waals surface area (Å²) < 4.78 is 32.0. The molecule has 0 amide bonds. The highest BCUT2D eigenvalue weighted by molar-refractivity contribution is 9.11. The molecule has 2 aliphatic carbocycles. The van der Waals surface area contributed by atoms with Gasteiger partial charge in [0.2, 0.25) is 0 Å². The van der Waals surface area contributed by atoms with Crippen LogP contribution in [-0.2, 0) is 19.7 Å². The third-order valence-corrected chi connectivity index (χ3v) is 9.40. The lowest BCUT2D eigenvalue weighted by atomic mass is 9.71. The number of halogens is 2. The van der Waals surface area contributed by atoms with Crippen molar-refractivity contribution in [3.63, 3.8) is 0 Å². The highest BCUT2D eigenvalue weighted by Gasteiger charge is 2.43. The Bertz CT molecular complexity index is 1360. The van der Waals surface area contributed by atoms with E-state index >= 15 is 0 Å². The van der Waals surface area contributed by atoms with Gasteiger partial charge in [0.05, 0.1) is 8.95 Å². The van der Waals surface area contributed by atoms with Gasteiger partial charge in [-0.2, -0.15) is 8.42 Å². The van der Waals surface area contributed by atoms with Gasteiger partial charge < -0.3 is 9.08 Å². The fourth-order valence-corrected chi connectivity index (χ4v) is 8.09. The minimum atomic E-state index is -4.06. The first kappa shape index (κ1) is 25.4. The number of Topliss-reactive ketones (excluding diaryl/α,β-unsaturated/α-hetero) is 2. The van der Waals surface area contributed by atoms with Crippen molar-refractivity contribution >= 4 is 53.5 Å². The Morgan fingerprint density at radius 1 is 0.889 bits per heavy atom. The van der Waals surface area contributed by atoms with Gasteiger partial charge in [0.1, 0.15) is 4.90 Å². The van der Waals surface area contributed by atoms with Crippen LogP contribution in [0.1, 0.15) is 56.9 Å². The number of hydrogen-bond donors (Lipinski definition) is 0. The lowest BCUT2D eigenvalue weighted by molar-refractivity contribution is -0.117. The average Bonchev–Trinajstić information content (AvgIpc) is 2.86. The fraction of sp³-hybridized carbons (Fsp3) is 0.333. The second-order valence-electron chi connectivity index (χ2n) is 9.12. The summed E-state index contributed by atoms with van der Waals surface area (Å²) in [4.78, 5) is 28.8. The van der Waals surface area contributed by atoms with Gasteiger partial charge in [-0.1, -0.05) is 18.2 Å². The summed E-state index contributed by atoms with van der Waals surface area (Å²) in [6.45, 7) is 2.77. The number of benzene rings is 2. The van der Waals surface area contributed by atoms with Crippen LogP contribution in [0.3, 0.4) is 0 Å². The standard InChI is InChI=1S/C27H25Br2NO5S/c1-2-30-20-10-6-12-22(31)25(20)24(26-21(30)11-7-13-23(26)32)16-14-18(28)27(19(29)15-16)35-36(33,34)17-8-4-3-5-9-17/h3-5,8-9,14-15,24H,2,6-7,10-13H2,1H3. The van der Waals surface area contributed by atoms with Crippen molar-refractivity contribution in [2.24, 2.45) is 0 Å². The summed E-state index contributed by atoms with van der Waals surface area (Å²) in [7, 11) is -4.06. The van der Waals surface area contributed by atoms with Gasteiger partial charge >= 0.3 is 10.1 Å². The number of rotatable bonds is 5. The molecule has 0 fully saturated rings. The zero-order valence-corrected chi connectivity index (χ0v) is 23.7. The fourth-order valence-electron chi connectivity index (χ4n) is 5.50. The smallest absolute Gasteiger partial charge is 0.339 e. The molecule has 0 N–H and O–H groups in total. The van der Waals surface area contributed by atoms with E-state index in [9.17, 15) is 18.0 Å². The molecule has 0 bridgehead atoms. The average molecular weight is 635 g/mol. The maximum absolute atomic E-state index is 13.3. The molecule has 0 unspecified atom stereocenters. The van der Waals surface area contributed by atoms with Crippen molar-refractivity contribution < 1.29 is 22.2 Å². The molecule has 0 saturated carbocycles. The Labute approximate surface area is 227 Å². The van der Waals surface area contributed by atoms with Gasteiger partial charge in [-0.15, -0.1) is 0 Å². The zero-order valence-electron chi connectivity index (χ0n) is 19.7. The quantitative estimate of drug-likeness (QED) is 0.354. The lowest BCUT2D eigenvalue weighted by Crippen LogP contribution is -2.39. The van der Waals surface area contributed by atoms with Crippen LogP contribution in [-0.4, -0.2) is 31.4 Å². The van der Waals surface area contributed by atoms with Crippen LogP contribution in [0.15, 0.2) is 78.8 Å². The van der Waals surface area contributed by atoms with Crippen LogP contribution in [0.4, 0.5) is 0 Å². The largest absolute Gasteiger partial charge is 0.377 e. The first-order valence-corrected chi connectivity index (χ1v) is 15.0. The van der Waals surface area contributed by atoms with E-state index in [-0.39, 0.29) is 22.2 Å². The molecular formula is C27H25Br2NO5S. The highest BCUT2D eigenvalue weighted by Crippen LogP contribution is 2.50. The van der Waals surface area contributed by atoms with Crippen LogP contribution in [0.2, 0.25) is 0 Å². The molecule has 5 rings (SSSR count). The van der Waals surface area contributed by atoms with E-state index in [1.54, 1.807) is 30.3 Å². The Kier molecular flexibility index (Phi) is 7.00. The van der Waals surface area contributed by atoms with Crippen molar-refractivity contribution in [3.8, 4) is 5.75 Å². The van der Waals surface area contributed by atoms with Crippen molar-refractivity contribution in [1.82, 2.24) is 4.90 Å². The molecule has 36 heavy (non-hydrogen) atoms. The van der Waals surface area contributed by atoms with E-state index in [4.69, 9.17) is 4.18 Å². The van der Waals surface area contributed by atoms with Crippen LogP contribution >= 0.6 is 31.9 Å². The van der Waals surface area contributed by atoms with Crippen molar-refractivity contribution in [1.29, 1.82) is 0 Å². The van der Waals surface area contributed by atoms with Crippen LogP contribution in [0.5, 0.6) is 5.75 Å². The SMILES string of the molecule is CCN1C2=C(C(=O)CCC2)C(c2cc(Br)c(OS(=O)(=O)c3ccccc3)c(Br)c2)C2=C1CCCC2=O. The molecule has 2 aromatic carbocycles. The molecule has 0 atom stereocenters. The predicted octanol–water partition coefficient (Wildman–Crippen LogP) is 6.41. The Morgan fingerprint density at radius 3 is 1.92 bits per heavy atom. The molecule has 0 aromatic heterocycles. The molecule has 3 aliphatic rings. The maximum Gasteiger partial charge on any atom is 0.339 e. The third-order valence-electron chi connectivity index (χ3n) is 6.98. The van der Waals surface area contributed by atoms with Crippen molar-refractivity contribution in [3.05, 3.63) is 79.5 Å². The predicted molar refractivity (Wildman–Crippen MR) is 143 cm³/mol. The molecule has 188 valence electrons. The monoisotopic (exact) mass is 633 g/mol. The number of carbonyl (C=O) groups excluding carboxylic acids is 2. The first-order chi connectivity index (χ1) is 17.2. The van der Waals surface area contributed by atoms with Crippen LogP contribution < -0.4 is 4.18 Å². The molecule has 0 spiro atoms. The van der Waals surface area contributed by atoms with Gasteiger partial charge in [0, 0.05) is 47.8 Å². The molecule has 1 heterocycles. The van der Waals surface area contributed by atoms with Crippen LogP contribution in [0, 0.1) is 0 Å². The molecule has 1 aliphatic heterocycles. The van der Waals surface area contributed by atoms with Gasteiger partial charge in [-0.3, -0.25) is 9.59 Å². The number of carbonyl (C=O) groups is 2. The normalized spacial score (nSPS) is 18.9. The third kappa shape index (κ3) is 4.39. The zero-order chi connectivity index (χ0) is 25.6. The Hall–Kier alpha value is -2.23. The lowest BCUT2D eigenvalue weighted by Gasteiger charge is -2.43. The van der Waals surface area contributed by atoms with Gasteiger partial charge in [0.15, 0.2) is 17.3 Å². The topological polar surface area (TPSA) is 80.8 Å². The maximum atomic E-state index is 13.3. The number of hydrogen-bond acceptors (Lipinski definition) is 6. The number of allylic oxidation sites excluding steroid dienone is 4. The highest BCUT2D eigenvalue weighted by atomic mass is 79.9. The number of ketones is 2. The molecule has 0 radical (unpaired) electrons. The summed E-state index contributed by atoms with van der Waals surface area (Å²) >= 11 is 6.98. The molecular weight excluding hydrogens is 610 g/mol. The first-order valence-electron chi connectivity index (χ1n) is 12.0. The van der Waals surface area contributed by atoms with E-state index in [0.717, 1.165) is 42.6 Å². The molecule has 0 saturated heterocycles. The van der Waals surface area contributed by atoms with Gasteiger partial charge in [-0.25, -0.2) is 0 Å². The minimum absolute atomic E-state index is 0.0463. The second kappa shape index (κ2) is 9.91. The Balaban J connectivity index is 1.63. The van der Waals surface area contributed by atoms with E-state index in [0.29, 0.717) is 39.5 Å². The van der Waals surface area contributed by atoms with E-state index in [1.807, 2.05) is 0 Å². The van der Waals surface area contributed by atoms with E-state index in [1.165, 1.54) is 12.1 Å². The van der Waals surface area contributed by atoms with Crippen molar-refractivity contribution in [2.45, 2.75) is 56.3 Å². The number of nitrogens with zero attached hydrogens (tertiary/aromatic N) is 1. The summed E-state index contributed by atoms with van der Waals surface area (Å²) in [5, 5.41) is 0. The molecule has 9 heteroatoms. The van der Waals surface area contributed by atoms with Gasteiger partial charge in [-0.05, 0) is 94.3 Å². The Morgan fingerprint density at radius 2 is 1.42 bits per heavy atom. The second-order valence-corrected chi connectivity index (χ2v) is 12.4. The summed E-state index contributed by atoms with van der Waals surface area (Å²) in [5.74, 6) is -0.222. The van der Waals surface area contributed by atoms with E-state index in [2.05, 4.69) is 43.7 Å².